The molecule has 13 nitrogen and oxygen atoms in total. The summed E-state index contributed by atoms with van der Waals surface area (Å²) in [4.78, 5) is 14.8. The Bertz CT molecular complexity index is 2690. The number of H-pyrrole nitrogens is 1. The first-order chi connectivity index (χ1) is 28.8. The first-order valence-electron chi connectivity index (χ1n) is 18.5. The van der Waals surface area contributed by atoms with Gasteiger partial charge in [0.2, 0.25) is 10.0 Å². The number of tetrazole rings is 1. The molecule has 0 saturated heterocycles. The molecule has 1 N–H and O–H groups in total. The van der Waals surface area contributed by atoms with Crippen LogP contribution < -0.4 is 14.2 Å². The van der Waals surface area contributed by atoms with E-state index in [0.717, 1.165) is 10.4 Å². The van der Waals surface area contributed by atoms with Gasteiger partial charge in [-0.25, -0.2) is 17.9 Å². The Morgan fingerprint density at radius 2 is 1.33 bits per heavy atom. The molecule has 0 amide bonds. The lowest BCUT2D eigenvalue weighted by molar-refractivity contribution is -0.139. The summed E-state index contributed by atoms with van der Waals surface area (Å²) in [6.07, 6.45) is -5.18. The van der Waals surface area contributed by atoms with Crippen LogP contribution >= 0.6 is 0 Å². The Hall–Kier alpha value is -6.72. The second kappa shape index (κ2) is 17.2. The zero-order valence-corrected chi connectivity index (χ0v) is 33.7. The van der Waals surface area contributed by atoms with Crippen LogP contribution in [0.3, 0.4) is 0 Å². The molecule has 0 atom stereocenters. The Morgan fingerprint density at radius 1 is 0.767 bits per heavy atom. The van der Waals surface area contributed by atoms with Gasteiger partial charge in [-0.05, 0) is 88.1 Å². The summed E-state index contributed by atoms with van der Waals surface area (Å²) < 4.78 is 101. The number of aromatic amines is 1. The average Bonchev–Trinajstić information content (AvgIpc) is 3.91. The highest BCUT2D eigenvalue weighted by molar-refractivity contribution is 7.89. The molecular formula is C43H39F3N6O7S. The lowest BCUT2D eigenvalue weighted by Gasteiger charge is -2.27. The minimum absolute atomic E-state index is 0.0454. The van der Waals surface area contributed by atoms with Crippen molar-refractivity contribution in [2.24, 2.45) is 0 Å². The van der Waals surface area contributed by atoms with Crippen LogP contribution in [0.4, 0.5) is 13.2 Å². The second-order valence-electron chi connectivity index (χ2n) is 13.5. The van der Waals surface area contributed by atoms with Crippen LogP contribution in [0.2, 0.25) is 0 Å². The maximum Gasteiger partial charge on any atom is 0.417 e. The predicted octanol–water partition coefficient (Wildman–Crippen LogP) is 8.15. The van der Waals surface area contributed by atoms with Crippen LogP contribution in [0, 0.1) is 0 Å². The van der Waals surface area contributed by atoms with Gasteiger partial charge in [0.25, 0.3) is 0 Å². The molecule has 17 heteroatoms. The number of carbonyl (C=O) groups is 1. The largest absolute Gasteiger partial charge is 0.497 e. The Morgan fingerprint density at radius 3 is 1.87 bits per heavy atom. The third-order valence-corrected chi connectivity index (χ3v) is 11.7. The monoisotopic (exact) mass is 840 g/mol. The summed E-state index contributed by atoms with van der Waals surface area (Å²) in [5.74, 6) is 0.677. The van der Waals surface area contributed by atoms with Gasteiger partial charge in [-0.2, -0.15) is 17.5 Å². The van der Waals surface area contributed by atoms with E-state index >= 15 is 21.6 Å². The summed E-state index contributed by atoms with van der Waals surface area (Å²) in [6.45, 7) is 1.05. The molecule has 0 bridgehead atoms. The molecular weight excluding hydrogens is 802 g/mol. The van der Waals surface area contributed by atoms with Crippen molar-refractivity contribution in [2.75, 3.05) is 27.9 Å². The van der Waals surface area contributed by atoms with Crippen molar-refractivity contribution in [3.05, 3.63) is 137 Å². The molecule has 0 radical (unpaired) electrons. The van der Waals surface area contributed by atoms with Crippen molar-refractivity contribution in [2.45, 2.75) is 37.6 Å². The van der Waals surface area contributed by atoms with Crippen LogP contribution in [0.5, 0.6) is 17.2 Å². The normalized spacial score (nSPS) is 11.9. The third-order valence-electron chi connectivity index (χ3n) is 9.79. The Kier molecular flexibility index (Phi) is 11.9. The molecule has 0 saturated carbocycles. The lowest BCUT2D eigenvalue weighted by Crippen LogP contribution is -2.32. The Balaban J connectivity index is 1.52. The predicted molar refractivity (Wildman–Crippen MR) is 216 cm³/mol. The van der Waals surface area contributed by atoms with Gasteiger partial charge in [0.05, 0.1) is 45.6 Å². The number of alkyl halides is 3. The maximum atomic E-state index is 15.5. The molecule has 60 heavy (non-hydrogen) atoms. The third kappa shape index (κ3) is 8.53. The fraction of sp³-hybridized carbons (Fsp3) is 0.209. The molecule has 0 fully saturated rings. The van der Waals surface area contributed by atoms with E-state index in [2.05, 4.69) is 20.5 Å². The summed E-state index contributed by atoms with van der Waals surface area (Å²) in [7, 11) is -0.679. The number of nitrogens with zero attached hydrogens (tertiary/aromatic N) is 5. The number of para-hydroxylation sites is 1. The summed E-state index contributed by atoms with van der Waals surface area (Å²) in [5, 5.41) is 12.7. The molecule has 5 aromatic carbocycles. The van der Waals surface area contributed by atoms with Gasteiger partial charge in [0.15, 0.2) is 5.82 Å². The van der Waals surface area contributed by atoms with Crippen molar-refractivity contribution in [3.8, 4) is 39.8 Å². The van der Waals surface area contributed by atoms with Crippen LogP contribution in [-0.4, -0.2) is 71.8 Å². The molecule has 310 valence electrons. The number of fused-ring (bicyclic) bond motifs is 1. The minimum atomic E-state index is -5.18. The summed E-state index contributed by atoms with van der Waals surface area (Å²) in [6, 6.07) is 28.4. The fourth-order valence-electron chi connectivity index (χ4n) is 6.84. The molecule has 0 aliphatic heterocycles. The van der Waals surface area contributed by atoms with Gasteiger partial charge in [-0.15, -0.1) is 5.10 Å². The van der Waals surface area contributed by atoms with E-state index in [4.69, 9.17) is 18.9 Å². The second-order valence-corrected chi connectivity index (χ2v) is 15.4. The number of aromatic nitrogens is 5. The van der Waals surface area contributed by atoms with E-state index in [9.17, 15) is 4.79 Å². The number of methoxy groups -OCH3 is 3. The van der Waals surface area contributed by atoms with Crippen LogP contribution in [0.25, 0.3) is 33.4 Å². The highest BCUT2D eigenvalue weighted by Crippen LogP contribution is 2.46. The fourth-order valence-corrected chi connectivity index (χ4v) is 8.66. The highest BCUT2D eigenvalue weighted by atomic mass is 32.2. The van der Waals surface area contributed by atoms with E-state index in [1.165, 1.54) is 32.1 Å². The topological polar surface area (TPSA) is 151 Å². The average molecular weight is 841 g/mol. The van der Waals surface area contributed by atoms with Gasteiger partial charge >= 0.3 is 12.1 Å². The van der Waals surface area contributed by atoms with Crippen molar-refractivity contribution in [3.63, 3.8) is 0 Å². The molecule has 2 aromatic heterocycles. The number of sulfonamides is 1. The van der Waals surface area contributed by atoms with E-state index in [-0.39, 0.29) is 48.9 Å². The number of hydrogen-bond donors (Lipinski definition) is 1. The van der Waals surface area contributed by atoms with Crippen LogP contribution in [-0.2, 0) is 40.6 Å². The van der Waals surface area contributed by atoms with Gasteiger partial charge < -0.3 is 23.9 Å². The minimum Gasteiger partial charge on any atom is -0.497 e. The zero-order valence-electron chi connectivity index (χ0n) is 32.9. The van der Waals surface area contributed by atoms with Gasteiger partial charge in [-0.3, -0.25) is 0 Å². The number of carbonyl (C=O) groups excluding carboxylic acids is 1. The number of ether oxygens (including phenoxy) is 4. The zero-order chi connectivity index (χ0) is 42.6. The maximum absolute atomic E-state index is 15.5. The van der Waals surface area contributed by atoms with E-state index in [0.29, 0.717) is 44.8 Å². The van der Waals surface area contributed by atoms with Crippen LogP contribution in [0.1, 0.15) is 39.7 Å². The van der Waals surface area contributed by atoms with E-state index in [1.807, 2.05) is 0 Å². The number of halogens is 3. The van der Waals surface area contributed by atoms with Gasteiger partial charge in [0.1, 0.15) is 27.8 Å². The van der Waals surface area contributed by atoms with E-state index in [1.54, 1.807) is 104 Å². The molecule has 2 heterocycles. The first kappa shape index (κ1) is 41.4. The standard InChI is InChI=1S/C43H39F3N6O7S/c1-5-59-42(53)37-23-30-7-6-8-35(39(30)47-37)34-21-22-36(43(44,45)46)40(38(34)41-48-49-50-52(41)26-29-13-19-33(58-4)20-14-29)60(54,55)51(24-27-9-15-31(56-2)16-10-27)25-28-11-17-32(57-3)18-12-28/h6-23,47H,5,24-26H2,1-4H3. The Labute approximate surface area is 343 Å². The molecule has 0 unspecified atom stereocenters. The number of hydrogen-bond acceptors (Lipinski definition) is 10. The molecule has 0 aliphatic carbocycles. The number of benzene rings is 5. The van der Waals surface area contributed by atoms with Crippen LogP contribution in [0.15, 0.2) is 114 Å². The number of rotatable bonds is 15. The molecule has 7 rings (SSSR count). The number of esters is 1. The number of nitrogens with one attached hydrogen (secondary N) is 1. The van der Waals surface area contributed by atoms with Crippen molar-refractivity contribution in [1.29, 1.82) is 0 Å². The first-order valence-corrected chi connectivity index (χ1v) is 20.0. The van der Waals surface area contributed by atoms with Crippen molar-refractivity contribution < 1.29 is 45.3 Å². The van der Waals surface area contributed by atoms with E-state index < -0.39 is 38.2 Å². The highest BCUT2D eigenvalue weighted by Gasteiger charge is 2.43. The quantitative estimate of drug-likeness (QED) is 0.100. The molecule has 7 aromatic rings. The van der Waals surface area contributed by atoms with Gasteiger partial charge in [-0.1, -0.05) is 60.7 Å². The van der Waals surface area contributed by atoms with Gasteiger partial charge in [0, 0.05) is 29.6 Å². The SMILES string of the molecule is CCOC(=O)c1cc2cccc(-c3ccc(C(F)(F)F)c(S(=O)(=O)N(Cc4ccc(OC)cc4)Cc4ccc(OC)cc4)c3-c3nnnn3Cc3ccc(OC)cc3)c2[nH]1. The molecule has 0 aliphatic rings. The molecule has 0 spiro atoms. The smallest absolute Gasteiger partial charge is 0.417 e. The van der Waals surface area contributed by atoms with Crippen molar-refractivity contribution in [1.82, 2.24) is 29.5 Å². The lowest BCUT2D eigenvalue weighted by atomic mass is 9.95. The van der Waals surface area contributed by atoms with Crippen molar-refractivity contribution >= 4 is 26.9 Å². The summed E-state index contributed by atoms with van der Waals surface area (Å²) >= 11 is 0. The summed E-state index contributed by atoms with van der Waals surface area (Å²) in [5.41, 5.74) is 0.523.